The summed E-state index contributed by atoms with van der Waals surface area (Å²) in [6.07, 6.45) is 14.9. The Kier molecular flexibility index (Phi) is 8.84. The van der Waals surface area contributed by atoms with Crippen LogP contribution in [0.3, 0.4) is 0 Å². The van der Waals surface area contributed by atoms with E-state index in [0.29, 0.717) is 5.92 Å². The van der Waals surface area contributed by atoms with Gasteiger partial charge in [0.2, 0.25) is 0 Å². The van der Waals surface area contributed by atoms with Crippen LogP contribution < -0.4 is 0 Å². The molecule has 1 rings (SSSR count). The van der Waals surface area contributed by atoms with E-state index in [0.717, 1.165) is 25.7 Å². The van der Waals surface area contributed by atoms with Crippen LogP contribution in [0.15, 0.2) is 23.3 Å². The quantitative estimate of drug-likeness (QED) is 0.465. The molecule has 0 aromatic carbocycles. The molecule has 0 amide bonds. The summed E-state index contributed by atoms with van der Waals surface area (Å²) in [5, 5.41) is 19.2. The fourth-order valence-electron chi connectivity index (χ4n) is 3.89. The summed E-state index contributed by atoms with van der Waals surface area (Å²) >= 11 is 0. The third kappa shape index (κ3) is 6.16. The maximum Gasteiger partial charge on any atom is 0.144 e. The van der Waals surface area contributed by atoms with Crippen LogP contribution in [-0.2, 0) is 0 Å². The lowest BCUT2D eigenvalue weighted by atomic mass is 9.66. The highest BCUT2D eigenvalue weighted by molar-refractivity contribution is 5.17. The molecule has 0 aliphatic heterocycles. The number of allylic oxidation sites excluding steroid dienone is 4. The van der Waals surface area contributed by atoms with Crippen molar-refractivity contribution in [3.63, 3.8) is 0 Å². The first-order valence-electron chi connectivity index (χ1n) is 9.60. The van der Waals surface area contributed by atoms with E-state index in [2.05, 4.69) is 45.1 Å². The topological polar surface area (TPSA) is 47.6 Å². The van der Waals surface area contributed by atoms with Crippen LogP contribution >= 0.6 is 0 Å². The zero-order chi connectivity index (χ0) is 18.0. The van der Waals surface area contributed by atoms with Crippen molar-refractivity contribution >= 4 is 0 Å². The minimum atomic E-state index is -0.864. The average Bonchev–Trinajstić information content (AvgIpc) is 2.60. The smallest absolute Gasteiger partial charge is 0.144 e. The minimum absolute atomic E-state index is 0.165. The molecule has 2 heteroatoms. The highest BCUT2D eigenvalue weighted by atomic mass is 14.5. The largest absolute Gasteiger partial charge is 0.197 e. The van der Waals surface area contributed by atoms with Crippen LogP contribution in [0.4, 0.5) is 0 Å². The van der Waals surface area contributed by atoms with Crippen molar-refractivity contribution < 1.29 is 0 Å². The molecule has 0 radical (unpaired) electrons. The molecule has 0 bridgehead atoms. The normalized spacial score (nSPS) is 17.7. The second-order valence-corrected chi connectivity index (χ2v) is 7.70. The van der Waals surface area contributed by atoms with Crippen LogP contribution in [0, 0.1) is 39.9 Å². The van der Waals surface area contributed by atoms with Crippen molar-refractivity contribution in [2.75, 3.05) is 0 Å². The van der Waals surface area contributed by atoms with E-state index < -0.39 is 5.41 Å². The lowest BCUT2D eigenvalue weighted by molar-refractivity contribution is 0.178. The van der Waals surface area contributed by atoms with Crippen LogP contribution in [0.2, 0.25) is 0 Å². The Bertz CT molecular complexity index is 503. The van der Waals surface area contributed by atoms with Crippen molar-refractivity contribution in [3.05, 3.63) is 23.3 Å². The van der Waals surface area contributed by atoms with E-state index in [1.165, 1.54) is 43.3 Å². The third-order valence-corrected chi connectivity index (χ3v) is 5.56. The standard InChI is InChI=1S/C22H34N2/c1-5-19(11-9-10-18(2)3)14-15-21(22(4,16-23)17-24)20-12-7-6-8-13-20/h10,14,20-21H,5-9,11-13,15H2,1-4H3. The van der Waals surface area contributed by atoms with Gasteiger partial charge in [0.25, 0.3) is 0 Å². The zero-order valence-electron chi connectivity index (χ0n) is 16.1. The summed E-state index contributed by atoms with van der Waals surface area (Å²) in [6.45, 7) is 8.33. The second kappa shape index (κ2) is 10.4. The summed E-state index contributed by atoms with van der Waals surface area (Å²) in [7, 11) is 0. The molecular weight excluding hydrogens is 292 g/mol. The maximum atomic E-state index is 9.61. The SMILES string of the molecule is CCC(=CCC(C1CCCCC1)C(C)(C#N)C#N)CCC=C(C)C. The molecule has 1 aliphatic rings. The first-order chi connectivity index (χ1) is 11.5. The summed E-state index contributed by atoms with van der Waals surface area (Å²) in [5.74, 6) is 0.688. The van der Waals surface area contributed by atoms with Crippen LogP contribution in [0.1, 0.15) is 85.5 Å². The number of nitriles is 2. The molecule has 1 unspecified atom stereocenters. The van der Waals surface area contributed by atoms with E-state index in [1.54, 1.807) is 0 Å². The van der Waals surface area contributed by atoms with Gasteiger partial charge in [0.1, 0.15) is 5.41 Å². The maximum absolute atomic E-state index is 9.61. The monoisotopic (exact) mass is 326 g/mol. The van der Waals surface area contributed by atoms with Crippen LogP contribution in [0.25, 0.3) is 0 Å². The Morgan fingerprint density at radius 1 is 1.12 bits per heavy atom. The zero-order valence-corrected chi connectivity index (χ0v) is 16.1. The lowest BCUT2D eigenvalue weighted by Crippen LogP contribution is -2.32. The minimum Gasteiger partial charge on any atom is -0.197 e. The summed E-state index contributed by atoms with van der Waals surface area (Å²) in [4.78, 5) is 0. The molecule has 1 aliphatic carbocycles. The molecule has 132 valence electrons. The van der Waals surface area contributed by atoms with Crippen molar-refractivity contribution in [1.29, 1.82) is 10.5 Å². The molecule has 1 atom stereocenters. The van der Waals surface area contributed by atoms with Gasteiger partial charge in [-0.1, -0.05) is 62.3 Å². The van der Waals surface area contributed by atoms with Gasteiger partial charge in [-0.05, 0) is 58.3 Å². The Morgan fingerprint density at radius 3 is 2.25 bits per heavy atom. The predicted molar refractivity (Wildman–Crippen MR) is 101 cm³/mol. The molecule has 0 aromatic rings. The van der Waals surface area contributed by atoms with Gasteiger partial charge in [0.05, 0.1) is 12.1 Å². The first-order valence-corrected chi connectivity index (χ1v) is 9.60. The van der Waals surface area contributed by atoms with Gasteiger partial charge in [-0.15, -0.1) is 0 Å². The lowest BCUT2D eigenvalue weighted by Gasteiger charge is -2.35. The van der Waals surface area contributed by atoms with Gasteiger partial charge >= 0.3 is 0 Å². The summed E-state index contributed by atoms with van der Waals surface area (Å²) < 4.78 is 0. The predicted octanol–water partition coefficient (Wildman–Crippen LogP) is 6.71. The van der Waals surface area contributed by atoms with Gasteiger partial charge in [0, 0.05) is 0 Å². The molecule has 1 saturated carbocycles. The molecule has 1 fully saturated rings. The molecular formula is C22H34N2. The van der Waals surface area contributed by atoms with Crippen LogP contribution in [0.5, 0.6) is 0 Å². The van der Waals surface area contributed by atoms with Crippen LogP contribution in [-0.4, -0.2) is 0 Å². The fourth-order valence-corrected chi connectivity index (χ4v) is 3.89. The van der Waals surface area contributed by atoms with Crippen molar-refractivity contribution in [2.45, 2.75) is 85.5 Å². The molecule has 0 saturated heterocycles. The molecule has 0 N–H and O–H groups in total. The first kappa shape index (κ1) is 20.5. The molecule has 0 heterocycles. The molecule has 24 heavy (non-hydrogen) atoms. The van der Waals surface area contributed by atoms with E-state index in [4.69, 9.17) is 0 Å². The number of nitrogens with zero attached hydrogens (tertiary/aromatic N) is 2. The molecule has 0 spiro atoms. The van der Waals surface area contributed by atoms with Gasteiger partial charge in [-0.25, -0.2) is 0 Å². The Labute approximate surface area is 149 Å². The van der Waals surface area contributed by atoms with Gasteiger partial charge in [-0.3, -0.25) is 0 Å². The Hall–Kier alpha value is -1.54. The van der Waals surface area contributed by atoms with E-state index in [-0.39, 0.29) is 5.92 Å². The summed E-state index contributed by atoms with van der Waals surface area (Å²) in [6, 6.07) is 4.65. The van der Waals surface area contributed by atoms with Gasteiger partial charge in [-0.2, -0.15) is 10.5 Å². The second-order valence-electron chi connectivity index (χ2n) is 7.70. The summed E-state index contributed by atoms with van der Waals surface area (Å²) in [5.41, 5.74) is 1.97. The van der Waals surface area contributed by atoms with E-state index in [9.17, 15) is 10.5 Å². The van der Waals surface area contributed by atoms with E-state index >= 15 is 0 Å². The Morgan fingerprint density at radius 2 is 1.75 bits per heavy atom. The number of hydrogen-bond donors (Lipinski definition) is 0. The van der Waals surface area contributed by atoms with Crippen molar-refractivity contribution in [3.8, 4) is 12.1 Å². The van der Waals surface area contributed by atoms with E-state index in [1.807, 2.05) is 6.92 Å². The average molecular weight is 327 g/mol. The van der Waals surface area contributed by atoms with Gasteiger partial charge in [0.15, 0.2) is 0 Å². The van der Waals surface area contributed by atoms with Crippen molar-refractivity contribution in [1.82, 2.24) is 0 Å². The highest BCUT2D eigenvalue weighted by Gasteiger charge is 2.39. The van der Waals surface area contributed by atoms with Crippen molar-refractivity contribution in [2.24, 2.45) is 17.3 Å². The van der Waals surface area contributed by atoms with Gasteiger partial charge < -0.3 is 0 Å². The molecule has 0 aromatic heterocycles. The third-order valence-electron chi connectivity index (χ3n) is 5.56. The number of hydrogen-bond acceptors (Lipinski definition) is 2. The fraction of sp³-hybridized carbons (Fsp3) is 0.727. The highest BCUT2D eigenvalue weighted by Crippen LogP contribution is 2.42. The Balaban J connectivity index is 2.87. The number of rotatable bonds is 8. The molecule has 2 nitrogen and oxygen atoms in total.